The van der Waals surface area contributed by atoms with Gasteiger partial charge in [0.2, 0.25) is 0 Å². The molecule has 20 heavy (non-hydrogen) atoms. The molecule has 1 atom stereocenters. The van der Waals surface area contributed by atoms with Crippen LogP contribution < -0.4 is 5.32 Å². The molecule has 0 aromatic heterocycles. The van der Waals surface area contributed by atoms with E-state index < -0.39 is 0 Å². The Morgan fingerprint density at radius 2 is 1.90 bits per heavy atom. The second-order valence-corrected chi connectivity index (χ2v) is 6.70. The van der Waals surface area contributed by atoms with Crippen molar-refractivity contribution in [3.63, 3.8) is 0 Å². The Bertz CT molecular complexity index is 413. The highest BCUT2D eigenvalue weighted by atomic mass is 35.5. The van der Waals surface area contributed by atoms with Crippen LogP contribution in [0.4, 0.5) is 0 Å². The van der Waals surface area contributed by atoms with Crippen molar-refractivity contribution < 1.29 is 0 Å². The molecule has 0 bridgehead atoms. The molecule has 0 saturated heterocycles. The first-order valence-corrected chi connectivity index (χ1v) is 8.63. The summed E-state index contributed by atoms with van der Waals surface area (Å²) in [6.45, 7) is 4.35. The van der Waals surface area contributed by atoms with E-state index in [0.717, 1.165) is 19.0 Å². The predicted octanol–water partition coefficient (Wildman–Crippen LogP) is 5.66. The first kappa shape index (κ1) is 16.1. The van der Waals surface area contributed by atoms with Crippen molar-refractivity contribution in [3.8, 4) is 0 Å². The lowest BCUT2D eigenvalue weighted by Crippen LogP contribution is -2.28. The molecular formula is C17H25Cl2N. The SMILES string of the molecule is CCCNCC(c1ccc(Cl)c(Cl)c1)C1CCCCC1. The van der Waals surface area contributed by atoms with Gasteiger partial charge in [-0.15, -0.1) is 0 Å². The monoisotopic (exact) mass is 313 g/mol. The summed E-state index contributed by atoms with van der Waals surface area (Å²) >= 11 is 12.3. The molecule has 0 aliphatic heterocycles. The maximum Gasteiger partial charge on any atom is 0.0595 e. The minimum Gasteiger partial charge on any atom is -0.316 e. The number of benzene rings is 1. The first-order chi connectivity index (χ1) is 9.72. The van der Waals surface area contributed by atoms with Crippen molar-refractivity contribution in [3.05, 3.63) is 33.8 Å². The Morgan fingerprint density at radius 1 is 1.15 bits per heavy atom. The molecule has 1 N–H and O–H groups in total. The third kappa shape index (κ3) is 4.38. The topological polar surface area (TPSA) is 12.0 Å². The van der Waals surface area contributed by atoms with E-state index in [-0.39, 0.29) is 0 Å². The second kappa shape index (κ2) is 8.26. The summed E-state index contributed by atoms with van der Waals surface area (Å²) in [5, 5.41) is 4.92. The van der Waals surface area contributed by atoms with Gasteiger partial charge in [-0.1, -0.05) is 55.5 Å². The van der Waals surface area contributed by atoms with Crippen LogP contribution in [0.1, 0.15) is 56.9 Å². The number of hydrogen-bond acceptors (Lipinski definition) is 1. The Hall–Kier alpha value is -0.240. The molecule has 2 rings (SSSR count). The van der Waals surface area contributed by atoms with Gasteiger partial charge >= 0.3 is 0 Å². The molecule has 1 aromatic carbocycles. The number of rotatable bonds is 6. The fraction of sp³-hybridized carbons (Fsp3) is 0.647. The molecule has 1 fully saturated rings. The van der Waals surface area contributed by atoms with Crippen molar-refractivity contribution in [2.45, 2.75) is 51.4 Å². The van der Waals surface area contributed by atoms with Crippen molar-refractivity contribution in [1.82, 2.24) is 5.32 Å². The van der Waals surface area contributed by atoms with E-state index in [4.69, 9.17) is 23.2 Å². The summed E-state index contributed by atoms with van der Waals surface area (Å²) in [6, 6.07) is 6.16. The molecule has 0 heterocycles. The molecule has 1 aliphatic rings. The Labute approximate surface area is 133 Å². The van der Waals surface area contributed by atoms with Crippen LogP contribution in [0.3, 0.4) is 0 Å². The van der Waals surface area contributed by atoms with Gasteiger partial charge in [0.05, 0.1) is 10.0 Å². The van der Waals surface area contributed by atoms with Crippen LogP contribution in [0.5, 0.6) is 0 Å². The summed E-state index contributed by atoms with van der Waals surface area (Å²) in [5.41, 5.74) is 1.34. The van der Waals surface area contributed by atoms with Crippen molar-refractivity contribution in [2.75, 3.05) is 13.1 Å². The van der Waals surface area contributed by atoms with Crippen LogP contribution in [-0.4, -0.2) is 13.1 Å². The van der Waals surface area contributed by atoms with Gasteiger partial charge in [-0.2, -0.15) is 0 Å². The summed E-state index contributed by atoms with van der Waals surface area (Å²) in [6.07, 6.45) is 8.01. The molecule has 1 unspecified atom stereocenters. The van der Waals surface area contributed by atoms with Gasteiger partial charge in [0.25, 0.3) is 0 Å². The molecule has 1 nitrogen and oxygen atoms in total. The Balaban J connectivity index is 2.12. The summed E-state index contributed by atoms with van der Waals surface area (Å²) in [4.78, 5) is 0. The molecule has 1 saturated carbocycles. The summed E-state index contributed by atoms with van der Waals surface area (Å²) in [7, 11) is 0. The van der Waals surface area contributed by atoms with Gasteiger partial charge in [-0.3, -0.25) is 0 Å². The number of halogens is 2. The maximum absolute atomic E-state index is 6.21. The predicted molar refractivity (Wildman–Crippen MR) is 88.9 cm³/mol. The quantitative estimate of drug-likeness (QED) is 0.668. The lowest BCUT2D eigenvalue weighted by molar-refractivity contribution is 0.297. The van der Waals surface area contributed by atoms with Crippen LogP contribution in [-0.2, 0) is 0 Å². The normalized spacial score (nSPS) is 18.1. The zero-order valence-corrected chi connectivity index (χ0v) is 13.8. The van der Waals surface area contributed by atoms with E-state index in [1.54, 1.807) is 0 Å². The van der Waals surface area contributed by atoms with E-state index in [9.17, 15) is 0 Å². The molecule has 0 spiro atoms. The van der Waals surface area contributed by atoms with Crippen LogP contribution in [0.25, 0.3) is 0 Å². The summed E-state index contributed by atoms with van der Waals surface area (Å²) in [5.74, 6) is 1.35. The fourth-order valence-corrected chi connectivity index (χ4v) is 3.58. The minimum atomic E-state index is 0.566. The maximum atomic E-state index is 6.21. The molecule has 1 aliphatic carbocycles. The van der Waals surface area contributed by atoms with Crippen LogP contribution in [0.2, 0.25) is 10.0 Å². The molecular weight excluding hydrogens is 289 g/mol. The third-order valence-corrected chi connectivity index (χ3v) is 5.12. The largest absolute Gasteiger partial charge is 0.316 e. The zero-order valence-electron chi connectivity index (χ0n) is 12.3. The van der Waals surface area contributed by atoms with E-state index in [2.05, 4.69) is 24.4 Å². The zero-order chi connectivity index (χ0) is 14.4. The standard InChI is InChI=1S/C17H25Cl2N/c1-2-10-20-12-15(13-6-4-3-5-7-13)14-8-9-16(18)17(19)11-14/h8-9,11,13,15,20H,2-7,10,12H2,1H3. The summed E-state index contributed by atoms with van der Waals surface area (Å²) < 4.78 is 0. The average molecular weight is 314 g/mol. The highest BCUT2D eigenvalue weighted by molar-refractivity contribution is 6.42. The van der Waals surface area contributed by atoms with Gasteiger partial charge in [-0.25, -0.2) is 0 Å². The van der Waals surface area contributed by atoms with Gasteiger partial charge in [0.15, 0.2) is 0 Å². The van der Waals surface area contributed by atoms with E-state index >= 15 is 0 Å². The number of nitrogens with one attached hydrogen (secondary N) is 1. The van der Waals surface area contributed by atoms with Crippen LogP contribution in [0.15, 0.2) is 18.2 Å². The van der Waals surface area contributed by atoms with Crippen molar-refractivity contribution in [2.24, 2.45) is 5.92 Å². The highest BCUT2D eigenvalue weighted by Gasteiger charge is 2.25. The lowest BCUT2D eigenvalue weighted by Gasteiger charge is -2.31. The van der Waals surface area contributed by atoms with E-state index in [1.165, 1.54) is 44.1 Å². The fourth-order valence-electron chi connectivity index (χ4n) is 3.27. The molecule has 112 valence electrons. The number of hydrogen-bond donors (Lipinski definition) is 1. The van der Waals surface area contributed by atoms with E-state index in [0.29, 0.717) is 16.0 Å². The van der Waals surface area contributed by atoms with Gasteiger partial charge < -0.3 is 5.32 Å². The van der Waals surface area contributed by atoms with Crippen molar-refractivity contribution >= 4 is 23.2 Å². The molecule has 3 heteroatoms. The van der Waals surface area contributed by atoms with Gasteiger partial charge in [0, 0.05) is 6.54 Å². The third-order valence-electron chi connectivity index (χ3n) is 4.38. The van der Waals surface area contributed by atoms with E-state index in [1.807, 2.05) is 6.07 Å². The Kier molecular flexibility index (Phi) is 6.67. The van der Waals surface area contributed by atoms with Crippen LogP contribution >= 0.6 is 23.2 Å². The molecule has 0 radical (unpaired) electrons. The van der Waals surface area contributed by atoms with Gasteiger partial charge in [-0.05, 0) is 55.3 Å². The molecule has 1 aromatic rings. The average Bonchev–Trinajstić information content (AvgIpc) is 2.48. The van der Waals surface area contributed by atoms with Crippen molar-refractivity contribution in [1.29, 1.82) is 0 Å². The highest BCUT2D eigenvalue weighted by Crippen LogP contribution is 2.37. The second-order valence-electron chi connectivity index (χ2n) is 5.88. The Morgan fingerprint density at radius 3 is 2.55 bits per heavy atom. The van der Waals surface area contributed by atoms with Crippen LogP contribution in [0, 0.1) is 5.92 Å². The minimum absolute atomic E-state index is 0.566. The molecule has 0 amide bonds. The lowest BCUT2D eigenvalue weighted by atomic mass is 9.77. The van der Waals surface area contributed by atoms with Gasteiger partial charge in [0.1, 0.15) is 0 Å². The smallest absolute Gasteiger partial charge is 0.0595 e. The first-order valence-electron chi connectivity index (χ1n) is 7.88.